The maximum atomic E-state index is 5.76. The van der Waals surface area contributed by atoms with Gasteiger partial charge in [0, 0.05) is 12.4 Å². The van der Waals surface area contributed by atoms with Gasteiger partial charge in [-0.25, -0.2) is 0 Å². The van der Waals surface area contributed by atoms with Crippen LogP contribution in [0, 0.1) is 13.8 Å². The normalized spacial score (nSPS) is 10.4. The van der Waals surface area contributed by atoms with Crippen LogP contribution in [-0.4, -0.2) is 26.8 Å². The van der Waals surface area contributed by atoms with Crippen molar-refractivity contribution in [1.29, 1.82) is 0 Å². The minimum atomic E-state index is 0.287. The van der Waals surface area contributed by atoms with Crippen LogP contribution in [0.15, 0.2) is 24.5 Å². The minimum Gasteiger partial charge on any atom is -0.476 e. The number of hydrogen-bond acceptors (Lipinski definition) is 5. The summed E-state index contributed by atoms with van der Waals surface area (Å²) in [7, 11) is 0. The number of nitrogens with zero attached hydrogens (tertiary/aromatic N) is 3. The van der Waals surface area contributed by atoms with Crippen LogP contribution in [0.2, 0.25) is 0 Å². The first-order valence-electron chi connectivity index (χ1n) is 6.75. The lowest BCUT2D eigenvalue weighted by Crippen LogP contribution is -2.17. The Balaban J connectivity index is 1.97. The molecule has 2 rings (SSSR count). The highest BCUT2D eigenvalue weighted by atomic mass is 32.1. The molecule has 0 bridgehead atoms. The van der Waals surface area contributed by atoms with Crippen molar-refractivity contribution in [2.45, 2.75) is 26.7 Å². The average molecular weight is 302 g/mol. The Bertz CT molecular complexity index is 631. The van der Waals surface area contributed by atoms with E-state index in [1.165, 1.54) is 5.56 Å². The van der Waals surface area contributed by atoms with E-state index in [1.807, 2.05) is 26.0 Å². The molecule has 0 aliphatic carbocycles. The van der Waals surface area contributed by atoms with Gasteiger partial charge in [-0.05, 0) is 49.9 Å². The van der Waals surface area contributed by atoms with E-state index in [2.05, 4.69) is 15.2 Å². The molecule has 0 spiro atoms. The number of nitrogens with two attached hydrogens (primary N) is 1. The molecule has 0 saturated carbocycles. The highest BCUT2D eigenvalue weighted by molar-refractivity contribution is 7.80. The van der Waals surface area contributed by atoms with E-state index in [1.54, 1.807) is 12.4 Å². The molecule has 0 aromatic carbocycles. The summed E-state index contributed by atoms with van der Waals surface area (Å²) < 4.78 is 5.70. The van der Waals surface area contributed by atoms with Crippen LogP contribution in [-0.2, 0) is 6.42 Å². The van der Waals surface area contributed by atoms with Gasteiger partial charge in [0.25, 0.3) is 0 Å². The molecule has 2 aromatic heterocycles. The summed E-state index contributed by atoms with van der Waals surface area (Å²) in [6, 6.07) is 3.99. The van der Waals surface area contributed by atoms with Crippen molar-refractivity contribution in [2.75, 3.05) is 6.61 Å². The third-order valence-corrected chi connectivity index (χ3v) is 3.47. The number of aryl methyl sites for hydroxylation is 2. The van der Waals surface area contributed by atoms with E-state index in [0.29, 0.717) is 18.1 Å². The smallest absolute Gasteiger partial charge is 0.244 e. The SMILES string of the molecule is Cc1nnc(OCCCc2ccncc2)c(C(N)=S)c1C. The van der Waals surface area contributed by atoms with E-state index in [0.717, 1.165) is 24.1 Å². The van der Waals surface area contributed by atoms with E-state index in [4.69, 9.17) is 22.7 Å². The molecular formula is C15H18N4OS. The lowest BCUT2D eigenvalue weighted by Gasteiger charge is -2.12. The van der Waals surface area contributed by atoms with Gasteiger partial charge in [-0.3, -0.25) is 4.98 Å². The van der Waals surface area contributed by atoms with Crippen molar-refractivity contribution in [3.05, 3.63) is 46.9 Å². The second kappa shape index (κ2) is 7.08. The van der Waals surface area contributed by atoms with Crippen molar-refractivity contribution in [1.82, 2.24) is 15.2 Å². The molecule has 0 aliphatic rings. The maximum absolute atomic E-state index is 5.76. The van der Waals surface area contributed by atoms with Crippen LogP contribution in [0.4, 0.5) is 0 Å². The van der Waals surface area contributed by atoms with E-state index in [9.17, 15) is 0 Å². The summed E-state index contributed by atoms with van der Waals surface area (Å²) in [4.78, 5) is 4.28. The summed E-state index contributed by atoms with van der Waals surface area (Å²) in [5.41, 5.74) is 9.39. The summed E-state index contributed by atoms with van der Waals surface area (Å²) in [5, 5.41) is 8.12. The Labute approximate surface area is 129 Å². The maximum Gasteiger partial charge on any atom is 0.244 e. The molecule has 0 unspecified atom stereocenters. The zero-order valence-electron chi connectivity index (χ0n) is 12.2. The number of thiocarbonyl (C=S) groups is 1. The number of hydrogen-bond donors (Lipinski definition) is 1. The Morgan fingerprint density at radius 3 is 2.62 bits per heavy atom. The predicted molar refractivity (Wildman–Crippen MR) is 85.4 cm³/mol. The molecule has 21 heavy (non-hydrogen) atoms. The summed E-state index contributed by atoms with van der Waals surface area (Å²) in [6.07, 6.45) is 5.37. The summed E-state index contributed by atoms with van der Waals surface area (Å²) in [5.74, 6) is 0.417. The fourth-order valence-electron chi connectivity index (χ4n) is 1.97. The molecular weight excluding hydrogens is 284 g/mol. The monoisotopic (exact) mass is 302 g/mol. The fourth-order valence-corrected chi connectivity index (χ4v) is 2.21. The quantitative estimate of drug-likeness (QED) is 0.651. The molecule has 2 aromatic rings. The highest BCUT2D eigenvalue weighted by Gasteiger charge is 2.14. The van der Waals surface area contributed by atoms with E-state index < -0.39 is 0 Å². The molecule has 2 heterocycles. The second-order valence-corrected chi connectivity index (χ2v) is 5.20. The van der Waals surface area contributed by atoms with Crippen LogP contribution in [0.3, 0.4) is 0 Å². The van der Waals surface area contributed by atoms with E-state index in [-0.39, 0.29) is 4.99 Å². The third kappa shape index (κ3) is 3.95. The first-order chi connectivity index (χ1) is 10.1. The Morgan fingerprint density at radius 2 is 1.95 bits per heavy atom. The largest absolute Gasteiger partial charge is 0.476 e. The lowest BCUT2D eigenvalue weighted by molar-refractivity contribution is 0.294. The minimum absolute atomic E-state index is 0.287. The van der Waals surface area contributed by atoms with Crippen molar-refractivity contribution < 1.29 is 4.74 Å². The van der Waals surface area contributed by atoms with Crippen LogP contribution >= 0.6 is 12.2 Å². The van der Waals surface area contributed by atoms with Gasteiger partial charge in [0.05, 0.1) is 17.9 Å². The van der Waals surface area contributed by atoms with Gasteiger partial charge >= 0.3 is 0 Å². The topological polar surface area (TPSA) is 73.9 Å². The number of aromatic nitrogens is 3. The number of pyridine rings is 1. The standard InChI is InChI=1S/C15H18N4OS/c1-10-11(2)18-19-15(13(10)14(16)21)20-9-3-4-12-5-7-17-8-6-12/h5-8H,3-4,9H2,1-2H3,(H2,16,21). The van der Waals surface area contributed by atoms with Gasteiger partial charge in [-0.1, -0.05) is 12.2 Å². The average Bonchev–Trinajstić information content (AvgIpc) is 2.48. The fraction of sp³-hybridized carbons (Fsp3) is 0.333. The molecule has 0 radical (unpaired) electrons. The molecule has 5 nitrogen and oxygen atoms in total. The van der Waals surface area contributed by atoms with E-state index >= 15 is 0 Å². The van der Waals surface area contributed by atoms with Gasteiger partial charge in [0.1, 0.15) is 4.99 Å². The summed E-state index contributed by atoms with van der Waals surface area (Å²) in [6.45, 7) is 4.33. The van der Waals surface area contributed by atoms with Gasteiger partial charge < -0.3 is 10.5 Å². The van der Waals surface area contributed by atoms with Crippen LogP contribution in [0.1, 0.15) is 28.8 Å². The molecule has 0 atom stereocenters. The second-order valence-electron chi connectivity index (χ2n) is 4.76. The van der Waals surface area contributed by atoms with Crippen molar-refractivity contribution in [3.8, 4) is 5.88 Å². The highest BCUT2D eigenvalue weighted by Crippen LogP contribution is 2.20. The van der Waals surface area contributed by atoms with Crippen LogP contribution < -0.4 is 10.5 Å². The Hall–Kier alpha value is -2.08. The number of ether oxygens (including phenoxy) is 1. The molecule has 0 saturated heterocycles. The zero-order chi connectivity index (χ0) is 15.2. The molecule has 0 fully saturated rings. The van der Waals surface area contributed by atoms with Crippen LogP contribution in [0.5, 0.6) is 5.88 Å². The first kappa shape index (κ1) is 15.3. The van der Waals surface area contributed by atoms with Gasteiger partial charge in [0.2, 0.25) is 5.88 Å². The van der Waals surface area contributed by atoms with Gasteiger partial charge in [-0.2, -0.15) is 5.10 Å². The van der Waals surface area contributed by atoms with Crippen molar-refractivity contribution in [2.24, 2.45) is 5.73 Å². The third-order valence-electron chi connectivity index (χ3n) is 3.27. The van der Waals surface area contributed by atoms with Crippen molar-refractivity contribution in [3.63, 3.8) is 0 Å². The lowest BCUT2D eigenvalue weighted by atomic mass is 10.1. The van der Waals surface area contributed by atoms with Gasteiger partial charge in [0.15, 0.2) is 0 Å². The molecule has 0 amide bonds. The Kier molecular flexibility index (Phi) is 5.16. The molecule has 110 valence electrons. The first-order valence-corrected chi connectivity index (χ1v) is 7.16. The number of rotatable bonds is 6. The van der Waals surface area contributed by atoms with Crippen molar-refractivity contribution >= 4 is 17.2 Å². The zero-order valence-corrected chi connectivity index (χ0v) is 13.0. The Morgan fingerprint density at radius 1 is 1.24 bits per heavy atom. The molecule has 0 aliphatic heterocycles. The molecule has 6 heteroatoms. The summed E-state index contributed by atoms with van der Waals surface area (Å²) >= 11 is 5.08. The van der Waals surface area contributed by atoms with Gasteiger partial charge in [-0.15, -0.1) is 5.10 Å². The predicted octanol–water partition coefficient (Wildman–Crippen LogP) is 2.13. The van der Waals surface area contributed by atoms with Crippen LogP contribution in [0.25, 0.3) is 0 Å². The molecule has 2 N–H and O–H groups in total.